The summed E-state index contributed by atoms with van der Waals surface area (Å²) in [7, 11) is 0. The maximum atomic E-state index is 12.6. The molecule has 3 rings (SSSR count). The maximum absolute atomic E-state index is 12.6. The predicted molar refractivity (Wildman–Crippen MR) is 94.8 cm³/mol. The number of fused-ring (bicyclic) bond motifs is 1. The summed E-state index contributed by atoms with van der Waals surface area (Å²) in [5, 5.41) is 0.578. The van der Waals surface area contributed by atoms with Gasteiger partial charge in [0.1, 0.15) is 5.75 Å². The van der Waals surface area contributed by atoms with E-state index < -0.39 is 11.6 Å². The third kappa shape index (κ3) is 2.86. The minimum atomic E-state index is -0.453. The number of hydrogen-bond donors (Lipinski definition) is 0. The van der Waals surface area contributed by atoms with E-state index in [1.165, 1.54) is 4.57 Å². The zero-order chi connectivity index (χ0) is 17.3. The number of benzene rings is 2. The van der Waals surface area contributed by atoms with Gasteiger partial charge in [-0.1, -0.05) is 30.3 Å². The van der Waals surface area contributed by atoms with Crippen molar-refractivity contribution in [1.82, 2.24) is 9.13 Å². The van der Waals surface area contributed by atoms with E-state index in [-0.39, 0.29) is 6.61 Å². The Morgan fingerprint density at radius 2 is 1.67 bits per heavy atom. The highest BCUT2D eigenvalue weighted by Gasteiger charge is 2.18. The normalized spacial score (nSPS) is 10.8. The Hall–Kier alpha value is -2.79. The third-order valence-corrected chi connectivity index (χ3v) is 3.81. The van der Waals surface area contributed by atoms with E-state index in [9.17, 15) is 9.59 Å². The van der Waals surface area contributed by atoms with Gasteiger partial charge in [0.15, 0.2) is 6.61 Å². The van der Waals surface area contributed by atoms with Gasteiger partial charge in [-0.15, -0.1) is 0 Å². The molecule has 0 saturated heterocycles. The zero-order valence-corrected chi connectivity index (χ0v) is 13.8. The average Bonchev–Trinajstić information content (AvgIpc) is 2.86. The Kier molecular flexibility index (Phi) is 4.27. The van der Waals surface area contributed by atoms with Crippen LogP contribution in [0.5, 0.6) is 5.75 Å². The molecule has 0 unspecified atom stereocenters. The lowest BCUT2D eigenvalue weighted by Crippen LogP contribution is -2.31. The maximum Gasteiger partial charge on any atom is 0.340 e. The second kappa shape index (κ2) is 6.37. The van der Waals surface area contributed by atoms with Crippen molar-refractivity contribution in [1.29, 1.82) is 0 Å². The molecule has 0 fully saturated rings. The van der Waals surface area contributed by atoms with Gasteiger partial charge in [0.05, 0.1) is 11.0 Å². The smallest absolute Gasteiger partial charge is 0.340 e. The van der Waals surface area contributed by atoms with E-state index in [0.29, 0.717) is 27.5 Å². The summed E-state index contributed by atoms with van der Waals surface area (Å²) in [6.45, 7) is 5.26. The SMILES string of the molecule is C=C(C)n1c(=O)n(C(=O)COc2ccc(Cl)cc2)c2ccccc21. The molecule has 122 valence electrons. The molecule has 0 amide bonds. The van der Waals surface area contributed by atoms with Crippen LogP contribution in [0.1, 0.15) is 11.7 Å². The first-order valence-corrected chi connectivity index (χ1v) is 7.67. The number of carbonyl (C=O) groups excluding carboxylic acids is 1. The number of imidazole rings is 1. The molecule has 0 atom stereocenters. The fraction of sp³-hybridized carbons (Fsp3) is 0.111. The van der Waals surface area contributed by atoms with Gasteiger partial charge in [-0.25, -0.2) is 9.36 Å². The summed E-state index contributed by atoms with van der Waals surface area (Å²) in [4.78, 5) is 25.1. The third-order valence-electron chi connectivity index (χ3n) is 3.55. The van der Waals surface area contributed by atoms with Crippen LogP contribution < -0.4 is 10.4 Å². The van der Waals surface area contributed by atoms with Crippen LogP contribution in [0.25, 0.3) is 16.7 Å². The fourth-order valence-electron chi connectivity index (χ4n) is 2.50. The van der Waals surface area contributed by atoms with Crippen molar-refractivity contribution >= 4 is 34.2 Å². The van der Waals surface area contributed by atoms with E-state index in [1.54, 1.807) is 55.5 Å². The molecule has 0 aliphatic heterocycles. The van der Waals surface area contributed by atoms with Crippen molar-refractivity contribution in [3.8, 4) is 5.75 Å². The van der Waals surface area contributed by atoms with E-state index in [1.807, 2.05) is 0 Å². The molecule has 1 heterocycles. The van der Waals surface area contributed by atoms with Gasteiger partial charge in [-0.05, 0) is 43.3 Å². The molecule has 24 heavy (non-hydrogen) atoms. The molecule has 6 heteroatoms. The molecule has 0 spiro atoms. The number of allylic oxidation sites excluding steroid dienone is 1. The lowest BCUT2D eigenvalue weighted by Gasteiger charge is -2.06. The fourth-order valence-corrected chi connectivity index (χ4v) is 2.62. The number of aromatic nitrogens is 2. The van der Waals surface area contributed by atoms with Gasteiger partial charge in [-0.3, -0.25) is 9.36 Å². The molecule has 1 aromatic heterocycles. The Labute approximate surface area is 143 Å². The number of hydrogen-bond acceptors (Lipinski definition) is 3. The highest BCUT2D eigenvalue weighted by atomic mass is 35.5. The van der Waals surface area contributed by atoms with Crippen LogP contribution in [-0.4, -0.2) is 21.6 Å². The summed E-state index contributed by atoms with van der Waals surface area (Å²) >= 11 is 5.81. The number of halogens is 1. The molecule has 0 radical (unpaired) electrons. The number of nitrogens with zero attached hydrogens (tertiary/aromatic N) is 2. The quantitative estimate of drug-likeness (QED) is 0.727. The second-order valence-electron chi connectivity index (χ2n) is 5.31. The summed E-state index contributed by atoms with van der Waals surface area (Å²) in [5.74, 6) is 0.0515. The van der Waals surface area contributed by atoms with Gasteiger partial charge in [0.2, 0.25) is 0 Å². The van der Waals surface area contributed by atoms with Crippen molar-refractivity contribution in [3.05, 3.63) is 70.6 Å². The first-order chi connectivity index (χ1) is 11.5. The number of ether oxygens (including phenoxy) is 1. The second-order valence-corrected chi connectivity index (χ2v) is 5.75. The Morgan fingerprint density at radius 1 is 1.08 bits per heavy atom. The Morgan fingerprint density at radius 3 is 2.25 bits per heavy atom. The highest BCUT2D eigenvalue weighted by Crippen LogP contribution is 2.17. The first kappa shape index (κ1) is 16.1. The summed E-state index contributed by atoms with van der Waals surface area (Å²) in [6.07, 6.45) is 0. The van der Waals surface area contributed by atoms with Crippen LogP contribution in [0.15, 0.2) is 59.9 Å². The van der Waals surface area contributed by atoms with Crippen molar-refractivity contribution < 1.29 is 9.53 Å². The monoisotopic (exact) mass is 342 g/mol. The van der Waals surface area contributed by atoms with Crippen LogP contribution in [0, 0.1) is 0 Å². The van der Waals surface area contributed by atoms with Crippen LogP contribution in [0.2, 0.25) is 5.02 Å². The van der Waals surface area contributed by atoms with E-state index in [4.69, 9.17) is 16.3 Å². The number of para-hydroxylation sites is 2. The van der Waals surface area contributed by atoms with E-state index in [0.717, 1.165) is 4.57 Å². The van der Waals surface area contributed by atoms with Crippen LogP contribution in [-0.2, 0) is 0 Å². The minimum Gasteiger partial charge on any atom is -0.484 e. The molecule has 5 nitrogen and oxygen atoms in total. The lowest BCUT2D eigenvalue weighted by atomic mass is 10.3. The molecule has 2 aromatic carbocycles. The topological polar surface area (TPSA) is 53.2 Å². The van der Waals surface area contributed by atoms with Gasteiger partial charge < -0.3 is 4.74 Å². The van der Waals surface area contributed by atoms with Gasteiger partial charge in [0.25, 0.3) is 5.91 Å². The van der Waals surface area contributed by atoms with E-state index in [2.05, 4.69) is 6.58 Å². The standard InChI is InChI=1S/C18H15ClN2O3/c1-12(2)20-15-5-3-4-6-16(15)21(18(20)23)17(22)11-24-14-9-7-13(19)8-10-14/h3-10H,1,11H2,2H3. The summed E-state index contributed by atoms with van der Waals surface area (Å²) < 4.78 is 7.97. The van der Waals surface area contributed by atoms with Crippen molar-refractivity contribution in [3.63, 3.8) is 0 Å². The van der Waals surface area contributed by atoms with Crippen LogP contribution in [0.4, 0.5) is 0 Å². The van der Waals surface area contributed by atoms with E-state index >= 15 is 0 Å². The van der Waals surface area contributed by atoms with Gasteiger partial charge in [0, 0.05) is 10.7 Å². The van der Waals surface area contributed by atoms with Crippen LogP contribution in [0.3, 0.4) is 0 Å². The molecular weight excluding hydrogens is 328 g/mol. The largest absolute Gasteiger partial charge is 0.484 e. The molecule has 0 N–H and O–H groups in total. The first-order valence-electron chi connectivity index (χ1n) is 7.29. The van der Waals surface area contributed by atoms with Gasteiger partial charge >= 0.3 is 5.69 Å². The molecule has 3 aromatic rings. The van der Waals surface area contributed by atoms with Crippen molar-refractivity contribution in [2.45, 2.75) is 6.92 Å². The summed E-state index contributed by atoms with van der Waals surface area (Å²) in [5.41, 5.74) is 1.25. The molecule has 0 saturated carbocycles. The minimum absolute atomic E-state index is 0.258. The lowest BCUT2D eigenvalue weighted by molar-refractivity contribution is 0.0838. The molecule has 0 bridgehead atoms. The Bertz CT molecular complexity index is 984. The zero-order valence-electron chi connectivity index (χ0n) is 13.0. The predicted octanol–water partition coefficient (Wildman–Crippen LogP) is 3.67. The molecule has 0 aliphatic carbocycles. The average molecular weight is 343 g/mol. The molecular formula is C18H15ClN2O3. The van der Waals surface area contributed by atoms with Crippen molar-refractivity contribution in [2.24, 2.45) is 0 Å². The molecule has 0 aliphatic rings. The Balaban J connectivity index is 1.95. The number of carbonyl (C=O) groups is 1. The van der Waals surface area contributed by atoms with Crippen LogP contribution >= 0.6 is 11.6 Å². The summed E-state index contributed by atoms with van der Waals surface area (Å²) in [6, 6.07) is 13.7. The van der Waals surface area contributed by atoms with Crippen molar-refractivity contribution in [2.75, 3.05) is 6.61 Å². The highest BCUT2D eigenvalue weighted by molar-refractivity contribution is 6.30. The number of rotatable bonds is 4. The van der Waals surface area contributed by atoms with Gasteiger partial charge in [-0.2, -0.15) is 0 Å².